The fourth-order valence-corrected chi connectivity index (χ4v) is 1.17. The van der Waals surface area contributed by atoms with Crippen molar-refractivity contribution in [3.05, 3.63) is 42.7 Å². The Labute approximate surface area is 86.4 Å². The molecule has 0 aliphatic rings. The van der Waals surface area contributed by atoms with Gasteiger partial charge in [-0.25, -0.2) is 0 Å². The molecule has 5 nitrogen and oxygen atoms in total. The predicted octanol–water partition coefficient (Wildman–Crippen LogP) is 1.33. The summed E-state index contributed by atoms with van der Waals surface area (Å²) in [6.45, 7) is 0. The molecule has 0 fully saturated rings. The van der Waals surface area contributed by atoms with Crippen LogP contribution in [0.4, 0.5) is 0 Å². The smallest absolute Gasteiger partial charge is 0.171 e. The zero-order chi connectivity index (χ0) is 10.5. The van der Waals surface area contributed by atoms with Crippen molar-refractivity contribution < 1.29 is 9.88 Å². The molecule has 0 amide bonds. The lowest BCUT2D eigenvalue weighted by Gasteiger charge is -2.02. The van der Waals surface area contributed by atoms with Crippen molar-refractivity contribution >= 4 is 0 Å². The third-order valence-electron chi connectivity index (χ3n) is 1.80. The fourth-order valence-electron chi connectivity index (χ4n) is 1.17. The van der Waals surface area contributed by atoms with E-state index in [1.54, 1.807) is 24.5 Å². The fraction of sp³-hybridized carbons (Fsp3) is 0. The first kappa shape index (κ1) is 9.57. The third kappa shape index (κ3) is 2.28. The van der Waals surface area contributed by atoms with Crippen LogP contribution in [-0.2, 0) is 4.99 Å². The summed E-state index contributed by atoms with van der Waals surface area (Å²) in [5.74, 6) is 5.27. The molecule has 0 saturated heterocycles. The van der Waals surface area contributed by atoms with E-state index in [0.717, 1.165) is 5.69 Å². The van der Waals surface area contributed by atoms with Gasteiger partial charge in [0, 0.05) is 24.5 Å². The molecule has 5 heteroatoms. The monoisotopic (exact) mass is 203 g/mol. The van der Waals surface area contributed by atoms with Crippen LogP contribution >= 0.6 is 0 Å². The Morgan fingerprint density at radius 3 is 2.60 bits per heavy atom. The van der Waals surface area contributed by atoms with Gasteiger partial charge < -0.3 is 4.89 Å². The van der Waals surface area contributed by atoms with Crippen molar-refractivity contribution in [1.29, 1.82) is 0 Å². The van der Waals surface area contributed by atoms with Gasteiger partial charge in [-0.2, -0.15) is 5.90 Å². The van der Waals surface area contributed by atoms with Crippen molar-refractivity contribution in [3.8, 4) is 17.1 Å². The summed E-state index contributed by atoms with van der Waals surface area (Å²) in [7, 11) is 0. The number of pyridine rings is 2. The van der Waals surface area contributed by atoms with Gasteiger partial charge in [0.1, 0.15) is 0 Å². The molecule has 2 heterocycles. The lowest BCUT2D eigenvalue weighted by atomic mass is 10.2. The van der Waals surface area contributed by atoms with Crippen LogP contribution in [0.5, 0.6) is 5.75 Å². The Kier molecular flexibility index (Phi) is 2.87. The summed E-state index contributed by atoms with van der Waals surface area (Å²) >= 11 is 0. The van der Waals surface area contributed by atoms with Gasteiger partial charge in [-0.05, 0) is 12.1 Å². The predicted molar refractivity (Wildman–Crippen MR) is 53.4 cm³/mol. The van der Waals surface area contributed by atoms with Crippen LogP contribution in [-0.4, -0.2) is 9.97 Å². The summed E-state index contributed by atoms with van der Waals surface area (Å²) in [4.78, 5) is 17.1. The van der Waals surface area contributed by atoms with Crippen molar-refractivity contribution in [2.45, 2.75) is 0 Å². The number of hydrogen-bond acceptors (Lipinski definition) is 5. The van der Waals surface area contributed by atoms with E-state index in [2.05, 4.69) is 19.8 Å². The molecule has 2 N–H and O–H groups in total. The maximum absolute atomic E-state index is 4.79. The van der Waals surface area contributed by atoms with E-state index in [9.17, 15) is 0 Å². The Hall–Kier alpha value is -1.98. The average molecular weight is 203 g/mol. The van der Waals surface area contributed by atoms with E-state index >= 15 is 0 Å². The molecule has 15 heavy (non-hydrogen) atoms. The SMILES string of the molecule is NOOc1ccnc(-c2ccccn2)c1. The maximum atomic E-state index is 4.79. The van der Waals surface area contributed by atoms with Gasteiger partial charge in [0.05, 0.1) is 11.4 Å². The molecule has 0 spiro atoms. The minimum Gasteiger partial charge on any atom is -0.319 e. The molecule has 0 saturated carbocycles. The van der Waals surface area contributed by atoms with Crippen LogP contribution in [0, 0.1) is 0 Å². The average Bonchev–Trinajstić information content (AvgIpc) is 2.31. The molecule has 0 radical (unpaired) electrons. The number of hydrogen-bond donors (Lipinski definition) is 1. The molecule has 0 aromatic carbocycles. The van der Waals surface area contributed by atoms with Gasteiger partial charge in [0.25, 0.3) is 0 Å². The molecule has 0 aliphatic carbocycles. The Balaban J connectivity index is 2.33. The minimum atomic E-state index is 0.480. The second kappa shape index (κ2) is 4.50. The molecular formula is C10H9N3O2. The lowest BCUT2D eigenvalue weighted by molar-refractivity contribution is -0.211. The summed E-state index contributed by atoms with van der Waals surface area (Å²) in [6, 6.07) is 8.91. The molecule has 2 aromatic heterocycles. The van der Waals surface area contributed by atoms with Gasteiger partial charge in [0.15, 0.2) is 5.75 Å². The number of rotatable bonds is 3. The molecular weight excluding hydrogens is 194 g/mol. The van der Waals surface area contributed by atoms with Crippen molar-refractivity contribution in [3.63, 3.8) is 0 Å². The highest BCUT2D eigenvalue weighted by Gasteiger charge is 2.02. The summed E-state index contributed by atoms with van der Waals surface area (Å²) in [5.41, 5.74) is 1.46. The van der Waals surface area contributed by atoms with E-state index in [1.165, 1.54) is 0 Å². The topological polar surface area (TPSA) is 70.3 Å². The van der Waals surface area contributed by atoms with Crippen LogP contribution in [0.25, 0.3) is 11.4 Å². The first-order chi connectivity index (χ1) is 7.40. The Morgan fingerprint density at radius 1 is 1.00 bits per heavy atom. The van der Waals surface area contributed by atoms with Gasteiger partial charge in [0.2, 0.25) is 0 Å². The highest BCUT2D eigenvalue weighted by Crippen LogP contribution is 2.18. The third-order valence-corrected chi connectivity index (χ3v) is 1.80. The van der Waals surface area contributed by atoms with E-state index < -0.39 is 0 Å². The Morgan fingerprint density at radius 2 is 1.87 bits per heavy atom. The maximum Gasteiger partial charge on any atom is 0.171 e. The molecule has 0 aliphatic heterocycles. The number of aromatic nitrogens is 2. The Bertz CT molecular complexity index is 434. The second-order valence-corrected chi connectivity index (χ2v) is 2.77. The van der Waals surface area contributed by atoms with Gasteiger partial charge in [-0.3, -0.25) is 9.97 Å². The molecule has 0 unspecified atom stereocenters. The van der Waals surface area contributed by atoms with Crippen LogP contribution < -0.4 is 10.8 Å². The molecule has 2 aromatic rings. The minimum absolute atomic E-state index is 0.480. The summed E-state index contributed by atoms with van der Waals surface area (Å²) in [5, 5.41) is 0. The molecule has 2 rings (SSSR count). The van der Waals surface area contributed by atoms with Crippen LogP contribution in [0.2, 0.25) is 0 Å². The standard InChI is InChI=1S/C10H9N3O2/c11-15-14-8-4-6-13-10(7-8)9-3-1-2-5-12-9/h1-7H,11H2. The zero-order valence-electron chi connectivity index (χ0n) is 7.83. The van der Waals surface area contributed by atoms with Crippen molar-refractivity contribution in [1.82, 2.24) is 9.97 Å². The van der Waals surface area contributed by atoms with Gasteiger partial charge in [-0.1, -0.05) is 11.1 Å². The van der Waals surface area contributed by atoms with Crippen molar-refractivity contribution in [2.75, 3.05) is 0 Å². The largest absolute Gasteiger partial charge is 0.319 e. The van der Waals surface area contributed by atoms with Gasteiger partial charge >= 0.3 is 0 Å². The highest BCUT2D eigenvalue weighted by atomic mass is 17.3. The van der Waals surface area contributed by atoms with Crippen LogP contribution in [0.1, 0.15) is 0 Å². The van der Waals surface area contributed by atoms with E-state index in [-0.39, 0.29) is 0 Å². The van der Waals surface area contributed by atoms with E-state index in [4.69, 9.17) is 5.90 Å². The zero-order valence-corrected chi connectivity index (χ0v) is 7.83. The van der Waals surface area contributed by atoms with Gasteiger partial charge in [-0.15, -0.1) is 0 Å². The molecule has 76 valence electrons. The number of nitrogens with two attached hydrogens (primary N) is 1. The lowest BCUT2D eigenvalue weighted by Crippen LogP contribution is -2.03. The molecule has 0 atom stereocenters. The summed E-state index contributed by atoms with van der Waals surface area (Å²) < 4.78 is 0. The van der Waals surface area contributed by atoms with Crippen molar-refractivity contribution in [2.24, 2.45) is 5.90 Å². The quantitative estimate of drug-likeness (QED) is 0.601. The summed E-state index contributed by atoms with van der Waals surface area (Å²) in [6.07, 6.45) is 3.29. The molecule has 0 bridgehead atoms. The number of nitrogens with zero attached hydrogens (tertiary/aromatic N) is 2. The van der Waals surface area contributed by atoms with Crippen LogP contribution in [0.15, 0.2) is 42.7 Å². The second-order valence-electron chi connectivity index (χ2n) is 2.77. The van der Waals surface area contributed by atoms with E-state index in [0.29, 0.717) is 11.4 Å². The van der Waals surface area contributed by atoms with E-state index in [1.807, 2.05) is 18.2 Å². The first-order valence-electron chi connectivity index (χ1n) is 4.31. The normalized spacial score (nSPS) is 9.93. The van der Waals surface area contributed by atoms with Crippen LogP contribution in [0.3, 0.4) is 0 Å². The highest BCUT2D eigenvalue weighted by molar-refractivity contribution is 5.55. The first-order valence-corrected chi connectivity index (χ1v) is 4.31.